The Bertz CT molecular complexity index is 427. The smallest absolute Gasteiger partial charge is 0.125 e. The van der Waals surface area contributed by atoms with Crippen LogP contribution < -0.4 is 14.8 Å². The molecule has 0 bridgehead atoms. The fourth-order valence-electron chi connectivity index (χ4n) is 1.84. The van der Waals surface area contributed by atoms with Crippen LogP contribution in [0.5, 0.6) is 11.5 Å². The number of ether oxygens (including phenoxy) is 2. The third kappa shape index (κ3) is 4.80. The van der Waals surface area contributed by atoms with Gasteiger partial charge < -0.3 is 14.8 Å². The second-order valence-corrected chi connectivity index (χ2v) is 4.37. The molecule has 0 aliphatic rings. The van der Waals surface area contributed by atoms with E-state index < -0.39 is 0 Å². The Hall–Kier alpha value is -1.73. The van der Waals surface area contributed by atoms with Gasteiger partial charge >= 0.3 is 0 Å². The molecular formula is C15H22N2O2. The average molecular weight is 262 g/mol. The third-order valence-electron chi connectivity index (χ3n) is 3.13. The van der Waals surface area contributed by atoms with Gasteiger partial charge in [0.15, 0.2) is 0 Å². The monoisotopic (exact) mass is 262 g/mol. The van der Waals surface area contributed by atoms with E-state index in [4.69, 9.17) is 14.7 Å². The van der Waals surface area contributed by atoms with Crippen molar-refractivity contribution in [3.63, 3.8) is 0 Å². The quantitative estimate of drug-likeness (QED) is 0.731. The molecule has 0 aliphatic heterocycles. The highest BCUT2D eigenvalue weighted by molar-refractivity contribution is 5.40. The van der Waals surface area contributed by atoms with Crippen molar-refractivity contribution in [2.75, 3.05) is 27.3 Å². The first-order valence-electron chi connectivity index (χ1n) is 6.56. The minimum Gasteiger partial charge on any atom is -0.497 e. The number of nitrogens with zero attached hydrogens (tertiary/aromatic N) is 1. The first-order valence-corrected chi connectivity index (χ1v) is 6.56. The summed E-state index contributed by atoms with van der Waals surface area (Å²) in [4.78, 5) is 0. The van der Waals surface area contributed by atoms with E-state index >= 15 is 0 Å². The number of rotatable bonds is 8. The molecule has 19 heavy (non-hydrogen) atoms. The molecule has 0 amide bonds. The molecule has 4 heteroatoms. The molecule has 0 fully saturated rings. The molecule has 0 heterocycles. The second kappa shape index (κ2) is 8.39. The van der Waals surface area contributed by atoms with E-state index in [1.165, 1.54) is 0 Å². The van der Waals surface area contributed by atoms with E-state index in [0.29, 0.717) is 0 Å². The maximum atomic E-state index is 8.86. The Labute approximate surface area is 115 Å². The van der Waals surface area contributed by atoms with Crippen molar-refractivity contribution < 1.29 is 9.47 Å². The normalized spacial score (nSPS) is 11.7. The van der Waals surface area contributed by atoms with Crippen LogP contribution in [0.25, 0.3) is 0 Å². The zero-order chi connectivity index (χ0) is 14.1. The molecule has 104 valence electrons. The van der Waals surface area contributed by atoms with Gasteiger partial charge in [0.05, 0.1) is 26.2 Å². The number of hydrogen-bond acceptors (Lipinski definition) is 4. The van der Waals surface area contributed by atoms with E-state index in [2.05, 4.69) is 11.4 Å². The summed E-state index contributed by atoms with van der Waals surface area (Å²) in [6, 6.07) is 8.12. The van der Waals surface area contributed by atoms with Crippen molar-refractivity contribution >= 4 is 0 Å². The van der Waals surface area contributed by atoms with E-state index in [1.54, 1.807) is 14.2 Å². The average Bonchev–Trinajstić information content (AvgIpc) is 2.47. The van der Waals surface area contributed by atoms with E-state index in [0.717, 1.165) is 43.0 Å². The lowest BCUT2D eigenvalue weighted by Crippen LogP contribution is -2.24. The Morgan fingerprint density at radius 3 is 2.68 bits per heavy atom. The lowest BCUT2D eigenvalue weighted by Gasteiger charge is -2.12. The van der Waals surface area contributed by atoms with E-state index in [1.807, 2.05) is 25.1 Å². The Balaban J connectivity index is 2.47. The minimum absolute atomic E-state index is 0.0952. The maximum Gasteiger partial charge on any atom is 0.125 e. The summed E-state index contributed by atoms with van der Waals surface area (Å²) < 4.78 is 10.5. The van der Waals surface area contributed by atoms with Crippen LogP contribution in [-0.4, -0.2) is 27.3 Å². The van der Waals surface area contributed by atoms with E-state index in [-0.39, 0.29) is 5.92 Å². The summed E-state index contributed by atoms with van der Waals surface area (Å²) in [5.74, 6) is 1.73. The van der Waals surface area contributed by atoms with Gasteiger partial charge in [-0.25, -0.2) is 0 Å². The first-order chi connectivity index (χ1) is 9.24. The Morgan fingerprint density at radius 1 is 1.32 bits per heavy atom. The topological polar surface area (TPSA) is 54.3 Å². The van der Waals surface area contributed by atoms with Crippen LogP contribution in [0, 0.1) is 17.2 Å². The molecule has 0 saturated carbocycles. The second-order valence-electron chi connectivity index (χ2n) is 4.37. The molecule has 0 aliphatic carbocycles. The zero-order valence-electron chi connectivity index (χ0n) is 11.9. The molecule has 1 rings (SSSR count). The van der Waals surface area contributed by atoms with Gasteiger partial charge in [0.25, 0.3) is 0 Å². The fraction of sp³-hybridized carbons (Fsp3) is 0.533. The summed E-state index contributed by atoms with van der Waals surface area (Å²) in [5, 5.41) is 12.2. The van der Waals surface area contributed by atoms with Gasteiger partial charge in [0.1, 0.15) is 11.5 Å². The van der Waals surface area contributed by atoms with E-state index in [9.17, 15) is 0 Å². The van der Waals surface area contributed by atoms with Crippen LogP contribution in [0.15, 0.2) is 18.2 Å². The summed E-state index contributed by atoms with van der Waals surface area (Å²) >= 11 is 0. The fourth-order valence-corrected chi connectivity index (χ4v) is 1.84. The standard InChI is InChI=1S/C15H22N2O2/c1-4-12(10-16)11-17-8-7-13-5-6-14(18-2)9-15(13)19-3/h5-6,9,12,17H,4,7-8,11H2,1-3H3. The number of methoxy groups -OCH3 is 2. The highest BCUT2D eigenvalue weighted by Gasteiger charge is 2.06. The van der Waals surface area contributed by atoms with Gasteiger partial charge in [-0.1, -0.05) is 13.0 Å². The van der Waals surface area contributed by atoms with Crippen molar-refractivity contribution in [1.82, 2.24) is 5.32 Å². The molecule has 0 spiro atoms. The van der Waals surface area contributed by atoms with Crippen molar-refractivity contribution in [1.29, 1.82) is 5.26 Å². The molecule has 1 aromatic rings. The van der Waals surface area contributed by atoms with Crippen LogP contribution in [0.1, 0.15) is 18.9 Å². The van der Waals surface area contributed by atoms with Crippen LogP contribution in [-0.2, 0) is 6.42 Å². The Morgan fingerprint density at radius 2 is 2.11 bits per heavy atom. The number of nitrogens with one attached hydrogen (secondary N) is 1. The van der Waals surface area contributed by atoms with Crippen LogP contribution in [0.2, 0.25) is 0 Å². The molecule has 0 radical (unpaired) electrons. The molecular weight excluding hydrogens is 240 g/mol. The van der Waals surface area contributed by atoms with Crippen molar-refractivity contribution in [3.8, 4) is 17.6 Å². The summed E-state index contributed by atoms with van der Waals surface area (Å²) in [6.07, 6.45) is 1.75. The number of nitriles is 1. The predicted octanol–water partition coefficient (Wildman–Crippen LogP) is 2.39. The molecule has 4 nitrogen and oxygen atoms in total. The predicted molar refractivity (Wildman–Crippen MR) is 75.5 cm³/mol. The summed E-state index contributed by atoms with van der Waals surface area (Å²) in [7, 11) is 3.30. The van der Waals surface area contributed by atoms with Gasteiger partial charge in [0, 0.05) is 12.6 Å². The SMILES string of the molecule is CCC(C#N)CNCCc1ccc(OC)cc1OC. The molecule has 0 aromatic heterocycles. The Kier molecular flexibility index (Phi) is 6.76. The largest absolute Gasteiger partial charge is 0.497 e. The highest BCUT2D eigenvalue weighted by Crippen LogP contribution is 2.24. The van der Waals surface area contributed by atoms with Crippen LogP contribution in [0.3, 0.4) is 0 Å². The molecule has 0 saturated heterocycles. The first kappa shape index (κ1) is 15.3. The van der Waals surface area contributed by atoms with Crippen molar-refractivity contribution in [3.05, 3.63) is 23.8 Å². The van der Waals surface area contributed by atoms with Gasteiger partial charge in [-0.15, -0.1) is 0 Å². The summed E-state index contributed by atoms with van der Waals surface area (Å²) in [6.45, 7) is 3.61. The van der Waals surface area contributed by atoms with Crippen LogP contribution in [0.4, 0.5) is 0 Å². The van der Waals surface area contributed by atoms with Crippen molar-refractivity contribution in [2.24, 2.45) is 5.92 Å². The zero-order valence-corrected chi connectivity index (χ0v) is 11.9. The lowest BCUT2D eigenvalue weighted by molar-refractivity contribution is 0.390. The highest BCUT2D eigenvalue weighted by atomic mass is 16.5. The molecule has 1 aromatic carbocycles. The molecule has 1 atom stereocenters. The third-order valence-corrected chi connectivity index (χ3v) is 3.13. The van der Waals surface area contributed by atoms with Crippen LogP contribution >= 0.6 is 0 Å². The molecule has 1 unspecified atom stereocenters. The van der Waals surface area contributed by atoms with Crippen molar-refractivity contribution in [2.45, 2.75) is 19.8 Å². The van der Waals surface area contributed by atoms with Gasteiger partial charge in [0.2, 0.25) is 0 Å². The number of hydrogen-bond donors (Lipinski definition) is 1. The lowest BCUT2D eigenvalue weighted by atomic mass is 10.1. The maximum absolute atomic E-state index is 8.86. The van der Waals surface area contributed by atoms with Gasteiger partial charge in [-0.2, -0.15) is 5.26 Å². The van der Waals surface area contributed by atoms with Gasteiger partial charge in [-0.05, 0) is 31.0 Å². The number of benzene rings is 1. The molecule has 1 N–H and O–H groups in total. The van der Waals surface area contributed by atoms with Gasteiger partial charge in [-0.3, -0.25) is 0 Å². The minimum atomic E-state index is 0.0952. The summed E-state index contributed by atoms with van der Waals surface area (Å²) in [5.41, 5.74) is 1.14.